The van der Waals surface area contributed by atoms with Crippen LogP contribution < -0.4 is 5.32 Å². The molecule has 6 nitrogen and oxygen atoms in total. The van der Waals surface area contributed by atoms with Gasteiger partial charge in [0.1, 0.15) is 6.54 Å². The Morgan fingerprint density at radius 3 is 2.29 bits per heavy atom. The molecule has 6 heteroatoms. The second-order valence-corrected chi connectivity index (χ2v) is 6.50. The molecule has 24 heavy (non-hydrogen) atoms. The second kappa shape index (κ2) is 11.9. The predicted octanol–water partition coefficient (Wildman–Crippen LogP) is 3.21. The van der Waals surface area contributed by atoms with Crippen LogP contribution in [-0.4, -0.2) is 42.4 Å². The molecule has 0 bridgehead atoms. The van der Waals surface area contributed by atoms with Crippen LogP contribution in [0.5, 0.6) is 0 Å². The maximum absolute atomic E-state index is 12.1. The van der Waals surface area contributed by atoms with Crippen LogP contribution in [0.3, 0.4) is 0 Å². The summed E-state index contributed by atoms with van der Waals surface area (Å²) in [6.07, 6.45) is 10.1. The number of likely N-dealkylation sites (N-methyl/N-ethyl adjacent to an activating group) is 1. The number of rotatable bonds is 0. The largest absolute Gasteiger partial charge is 0.461 e. The number of nitrogens with one attached hydrogen (secondary N) is 2. The number of carbonyl (C=O) groups is 2. The highest BCUT2D eigenvalue weighted by molar-refractivity contribution is 5.96. The Hall–Kier alpha value is -1.59. The third kappa shape index (κ3) is 9.53. The van der Waals surface area contributed by atoms with Crippen molar-refractivity contribution in [1.82, 2.24) is 10.2 Å². The summed E-state index contributed by atoms with van der Waals surface area (Å²) in [5.41, 5.74) is 0. The summed E-state index contributed by atoms with van der Waals surface area (Å²) in [6, 6.07) is 0. The van der Waals surface area contributed by atoms with Crippen molar-refractivity contribution in [2.75, 3.05) is 13.5 Å². The minimum Gasteiger partial charge on any atom is -0.461 e. The van der Waals surface area contributed by atoms with Gasteiger partial charge in [0.25, 0.3) is 0 Å². The fourth-order valence-corrected chi connectivity index (χ4v) is 2.75. The Labute approximate surface area is 150 Å². The summed E-state index contributed by atoms with van der Waals surface area (Å²) in [4.78, 5) is 24.6. The molecule has 0 aromatic carbocycles. The molecule has 0 aliphatic carbocycles. The molecule has 1 saturated heterocycles. The van der Waals surface area contributed by atoms with E-state index in [0.29, 0.717) is 11.3 Å². The smallest absolute Gasteiger partial charge is 0.325 e. The predicted molar refractivity (Wildman–Crippen MR) is 94.8 cm³/mol. The SMILES string of the molecule is [2H]C([2H])([2H])N1CC(=O)OC(C)CCCCCCCCCCCC(=O)NC1=N. The van der Waals surface area contributed by atoms with Gasteiger partial charge in [0.05, 0.1) is 6.10 Å². The first-order valence-electron chi connectivity index (χ1n) is 10.6. The first-order valence-corrected chi connectivity index (χ1v) is 9.05. The molecule has 1 amide bonds. The molecule has 0 aromatic rings. The second-order valence-electron chi connectivity index (χ2n) is 6.50. The summed E-state index contributed by atoms with van der Waals surface area (Å²) in [5, 5.41) is 10.2. The quantitative estimate of drug-likeness (QED) is 0.662. The Kier molecular flexibility index (Phi) is 7.87. The molecule has 0 saturated carbocycles. The van der Waals surface area contributed by atoms with Gasteiger partial charge in [-0.3, -0.25) is 20.3 Å². The number of hydrogen-bond acceptors (Lipinski definition) is 4. The van der Waals surface area contributed by atoms with Gasteiger partial charge in [-0.25, -0.2) is 0 Å². The van der Waals surface area contributed by atoms with Gasteiger partial charge in [0, 0.05) is 17.5 Å². The molecule has 0 spiro atoms. The van der Waals surface area contributed by atoms with Gasteiger partial charge in [0.15, 0.2) is 5.96 Å². The van der Waals surface area contributed by atoms with Crippen LogP contribution >= 0.6 is 0 Å². The zero-order valence-electron chi connectivity index (χ0n) is 17.7. The van der Waals surface area contributed by atoms with Crippen molar-refractivity contribution >= 4 is 17.8 Å². The normalized spacial score (nSPS) is 26.7. The highest BCUT2D eigenvalue weighted by Crippen LogP contribution is 2.13. The van der Waals surface area contributed by atoms with E-state index < -0.39 is 31.4 Å². The van der Waals surface area contributed by atoms with Crippen molar-refractivity contribution in [1.29, 1.82) is 5.41 Å². The highest BCUT2D eigenvalue weighted by atomic mass is 16.5. The molecule has 138 valence electrons. The topological polar surface area (TPSA) is 82.5 Å². The number of guanidine groups is 1. The van der Waals surface area contributed by atoms with Crippen molar-refractivity contribution in [3.63, 3.8) is 0 Å². The summed E-state index contributed by atoms with van der Waals surface area (Å²) in [6.45, 7) is -1.53. The molecular weight excluding hydrogens is 306 g/mol. The summed E-state index contributed by atoms with van der Waals surface area (Å²) in [5.74, 6) is -1.72. The maximum atomic E-state index is 12.1. The zero-order valence-corrected chi connectivity index (χ0v) is 14.7. The molecule has 1 fully saturated rings. The maximum Gasteiger partial charge on any atom is 0.325 e. The van der Waals surface area contributed by atoms with Crippen molar-refractivity contribution in [2.24, 2.45) is 0 Å². The Morgan fingerprint density at radius 1 is 1.08 bits per heavy atom. The molecule has 2 N–H and O–H groups in total. The lowest BCUT2D eigenvalue weighted by atomic mass is 10.0. The number of amides is 1. The molecule has 0 aromatic heterocycles. The number of ether oxygens (including phenoxy) is 1. The summed E-state index contributed by atoms with van der Waals surface area (Å²) >= 11 is 0. The van der Waals surface area contributed by atoms with Gasteiger partial charge in [-0.1, -0.05) is 44.9 Å². The van der Waals surface area contributed by atoms with E-state index in [1.54, 1.807) is 6.92 Å². The number of carbonyl (C=O) groups excluding carboxylic acids is 2. The standard InChI is InChI=1S/C18H33N3O3/c1-15-12-10-8-6-4-3-5-7-9-11-13-16(22)20-18(19)21(2)14-17(23)24-15/h15H,3-14H2,1-2H3,(H2,19,20,22)/i2D3. The Morgan fingerprint density at radius 2 is 1.67 bits per heavy atom. The van der Waals surface area contributed by atoms with E-state index in [-0.39, 0.29) is 12.5 Å². The van der Waals surface area contributed by atoms with E-state index >= 15 is 0 Å². The lowest BCUT2D eigenvalue weighted by Gasteiger charge is -2.20. The van der Waals surface area contributed by atoms with Crippen molar-refractivity contribution in [2.45, 2.75) is 83.7 Å². The van der Waals surface area contributed by atoms with Gasteiger partial charge < -0.3 is 9.64 Å². The molecule has 1 atom stereocenters. The molecule has 0 radical (unpaired) electrons. The monoisotopic (exact) mass is 342 g/mol. The average molecular weight is 342 g/mol. The van der Waals surface area contributed by atoms with Crippen LogP contribution in [-0.2, 0) is 14.3 Å². The first-order chi connectivity index (χ1) is 12.7. The van der Waals surface area contributed by atoms with E-state index in [1.165, 1.54) is 12.8 Å². The van der Waals surface area contributed by atoms with Crippen LogP contribution in [0.4, 0.5) is 0 Å². The van der Waals surface area contributed by atoms with Crippen LogP contribution in [0.15, 0.2) is 0 Å². The third-order valence-corrected chi connectivity index (χ3v) is 4.16. The van der Waals surface area contributed by atoms with Crippen molar-refractivity contribution in [3.05, 3.63) is 0 Å². The Bertz CT molecular complexity index is 498. The number of cyclic esters (lactones) is 1. The van der Waals surface area contributed by atoms with E-state index in [4.69, 9.17) is 14.3 Å². The molecule has 1 rings (SSSR count). The summed E-state index contributed by atoms with van der Waals surface area (Å²) < 4.78 is 27.9. The first kappa shape index (κ1) is 15.9. The van der Waals surface area contributed by atoms with Gasteiger partial charge in [-0.15, -0.1) is 0 Å². The molecule has 1 unspecified atom stereocenters. The fraction of sp³-hybridized carbons (Fsp3) is 0.833. The number of esters is 1. The third-order valence-electron chi connectivity index (χ3n) is 4.16. The van der Waals surface area contributed by atoms with Gasteiger partial charge >= 0.3 is 5.97 Å². The fourth-order valence-electron chi connectivity index (χ4n) is 2.75. The van der Waals surface area contributed by atoms with Gasteiger partial charge in [-0.2, -0.15) is 0 Å². The molecular formula is C18H33N3O3. The minimum atomic E-state index is -2.72. The van der Waals surface area contributed by atoms with Gasteiger partial charge in [0.2, 0.25) is 5.91 Å². The Balaban J connectivity index is 2.72. The van der Waals surface area contributed by atoms with E-state index in [0.717, 1.165) is 44.9 Å². The van der Waals surface area contributed by atoms with Crippen LogP contribution in [0, 0.1) is 5.41 Å². The number of nitrogens with zero attached hydrogens (tertiary/aromatic N) is 1. The lowest BCUT2D eigenvalue weighted by Crippen LogP contribution is -2.44. The van der Waals surface area contributed by atoms with E-state index in [9.17, 15) is 9.59 Å². The van der Waals surface area contributed by atoms with Crippen LogP contribution in [0.2, 0.25) is 0 Å². The average Bonchev–Trinajstić information content (AvgIpc) is 2.55. The van der Waals surface area contributed by atoms with E-state index in [1.807, 2.05) is 0 Å². The number of hydrogen-bond donors (Lipinski definition) is 2. The van der Waals surface area contributed by atoms with Crippen LogP contribution in [0.25, 0.3) is 0 Å². The molecule has 1 aliphatic heterocycles. The van der Waals surface area contributed by atoms with Crippen molar-refractivity contribution in [3.8, 4) is 0 Å². The van der Waals surface area contributed by atoms with E-state index in [2.05, 4.69) is 5.32 Å². The van der Waals surface area contributed by atoms with Crippen LogP contribution in [0.1, 0.15) is 81.7 Å². The summed E-state index contributed by atoms with van der Waals surface area (Å²) in [7, 11) is 0. The van der Waals surface area contributed by atoms with Crippen molar-refractivity contribution < 1.29 is 18.4 Å². The minimum absolute atomic E-state index is 0.235. The molecule has 1 heterocycles. The zero-order chi connectivity index (χ0) is 20.3. The van der Waals surface area contributed by atoms with Gasteiger partial charge in [-0.05, 0) is 26.2 Å². The molecule has 1 aliphatic rings. The lowest BCUT2D eigenvalue weighted by molar-refractivity contribution is -0.148. The highest BCUT2D eigenvalue weighted by Gasteiger charge is 2.15.